The molecule has 134 valence electrons. The van der Waals surface area contributed by atoms with Crippen LogP contribution in [0.25, 0.3) is 5.69 Å². The standard InChI is InChI=1S/C17H17F3N2O3/c1-11(2)24-16(23)21-15-8-7-12(3)10-22(15)13-5-4-6-14(9-13)25-17(18,19)20/h4-11H,1-3H3. The van der Waals surface area contributed by atoms with E-state index in [1.165, 1.54) is 22.8 Å². The van der Waals surface area contributed by atoms with E-state index in [0.29, 0.717) is 5.69 Å². The van der Waals surface area contributed by atoms with Crippen LogP contribution in [-0.2, 0) is 4.74 Å². The van der Waals surface area contributed by atoms with Crippen molar-refractivity contribution < 1.29 is 27.4 Å². The minimum absolute atomic E-state index is 0.223. The molecule has 2 rings (SSSR count). The number of hydrogen-bond acceptors (Lipinski definition) is 3. The Bertz CT molecular complexity index is 826. The van der Waals surface area contributed by atoms with Crippen molar-refractivity contribution in [1.29, 1.82) is 0 Å². The van der Waals surface area contributed by atoms with Crippen LogP contribution in [0.1, 0.15) is 19.4 Å². The van der Waals surface area contributed by atoms with Crippen LogP contribution < -0.4 is 10.2 Å². The highest BCUT2D eigenvalue weighted by Gasteiger charge is 2.31. The number of halogens is 3. The van der Waals surface area contributed by atoms with Crippen molar-refractivity contribution in [1.82, 2.24) is 4.57 Å². The van der Waals surface area contributed by atoms with Crippen molar-refractivity contribution in [2.75, 3.05) is 0 Å². The van der Waals surface area contributed by atoms with Crippen molar-refractivity contribution in [3.05, 3.63) is 53.6 Å². The van der Waals surface area contributed by atoms with Gasteiger partial charge < -0.3 is 14.0 Å². The number of amides is 1. The summed E-state index contributed by atoms with van der Waals surface area (Å²) in [5.74, 6) is -0.366. The van der Waals surface area contributed by atoms with E-state index in [0.717, 1.165) is 5.56 Å². The maximum absolute atomic E-state index is 12.4. The monoisotopic (exact) mass is 354 g/mol. The van der Waals surface area contributed by atoms with Gasteiger partial charge in [-0.1, -0.05) is 12.1 Å². The van der Waals surface area contributed by atoms with E-state index in [-0.39, 0.29) is 17.3 Å². The lowest BCUT2D eigenvalue weighted by molar-refractivity contribution is -0.274. The Kier molecular flexibility index (Phi) is 5.51. The molecular formula is C17H17F3N2O3. The first-order valence-corrected chi connectivity index (χ1v) is 7.45. The van der Waals surface area contributed by atoms with E-state index in [1.807, 2.05) is 6.92 Å². The highest BCUT2D eigenvalue weighted by Crippen LogP contribution is 2.24. The Morgan fingerprint density at radius 2 is 1.92 bits per heavy atom. The third kappa shape index (κ3) is 5.66. The maximum Gasteiger partial charge on any atom is 0.573 e. The molecule has 1 amide bonds. The van der Waals surface area contributed by atoms with Gasteiger partial charge in [0.2, 0.25) is 0 Å². The minimum Gasteiger partial charge on any atom is -0.445 e. The van der Waals surface area contributed by atoms with E-state index in [1.54, 1.807) is 38.2 Å². The molecule has 0 aliphatic rings. The number of pyridine rings is 1. The molecule has 25 heavy (non-hydrogen) atoms. The normalized spacial score (nSPS) is 12.4. The molecule has 8 heteroatoms. The van der Waals surface area contributed by atoms with Gasteiger partial charge in [-0.3, -0.25) is 0 Å². The number of carbonyl (C=O) groups excluding carboxylic acids is 1. The Balaban J connectivity index is 2.48. The number of alkyl halides is 3. The molecule has 0 atom stereocenters. The smallest absolute Gasteiger partial charge is 0.445 e. The molecule has 0 saturated heterocycles. The molecular weight excluding hydrogens is 337 g/mol. The van der Waals surface area contributed by atoms with Gasteiger partial charge in [0.1, 0.15) is 11.2 Å². The summed E-state index contributed by atoms with van der Waals surface area (Å²) in [4.78, 5) is 15.6. The second-order valence-electron chi connectivity index (χ2n) is 5.52. The fourth-order valence-corrected chi connectivity index (χ4v) is 2.05. The first kappa shape index (κ1) is 18.6. The van der Waals surface area contributed by atoms with Crippen LogP contribution in [0.15, 0.2) is 47.6 Å². The first-order valence-electron chi connectivity index (χ1n) is 7.45. The van der Waals surface area contributed by atoms with E-state index in [2.05, 4.69) is 9.73 Å². The van der Waals surface area contributed by atoms with Crippen molar-refractivity contribution in [2.45, 2.75) is 33.2 Å². The maximum atomic E-state index is 12.4. The van der Waals surface area contributed by atoms with Crippen molar-refractivity contribution in [3.63, 3.8) is 0 Å². The average Bonchev–Trinajstić information content (AvgIpc) is 2.46. The third-order valence-corrected chi connectivity index (χ3v) is 2.95. The van der Waals surface area contributed by atoms with Crippen LogP contribution in [0.4, 0.5) is 18.0 Å². The molecule has 0 aliphatic heterocycles. The van der Waals surface area contributed by atoms with Crippen molar-refractivity contribution in [2.24, 2.45) is 4.99 Å². The zero-order chi connectivity index (χ0) is 18.6. The van der Waals surface area contributed by atoms with Crippen LogP contribution >= 0.6 is 0 Å². The van der Waals surface area contributed by atoms with E-state index in [9.17, 15) is 18.0 Å². The van der Waals surface area contributed by atoms with Gasteiger partial charge in [0.15, 0.2) is 0 Å². The van der Waals surface area contributed by atoms with Gasteiger partial charge in [-0.2, -0.15) is 4.99 Å². The molecule has 1 heterocycles. The number of aryl methyl sites for hydroxylation is 1. The van der Waals surface area contributed by atoms with Crippen molar-refractivity contribution >= 4 is 6.09 Å². The number of ether oxygens (including phenoxy) is 2. The lowest BCUT2D eigenvalue weighted by Gasteiger charge is -2.13. The molecule has 2 aromatic rings. The number of carbonyl (C=O) groups is 1. The van der Waals surface area contributed by atoms with E-state index >= 15 is 0 Å². The fourth-order valence-electron chi connectivity index (χ4n) is 2.05. The Labute approximate surface area is 142 Å². The molecule has 0 saturated carbocycles. The number of benzene rings is 1. The summed E-state index contributed by atoms with van der Waals surface area (Å²) in [7, 11) is 0. The van der Waals surface area contributed by atoms with Gasteiger partial charge in [-0.25, -0.2) is 4.79 Å². The molecule has 0 radical (unpaired) electrons. The molecule has 0 aliphatic carbocycles. The van der Waals surface area contributed by atoms with E-state index < -0.39 is 12.5 Å². The average molecular weight is 354 g/mol. The predicted molar refractivity (Wildman–Crippen MR) is 84.4 cm³/mol. The van der Waals surface area contributed by atoms with Gasteiger partial charge in [0, 0.05) is 12.3 Å². The van der Waals surface area contributed by atoms with Crippen LogP contribution in [0.2, 0.25) is 0 Å². The van der Waals surface area contributed by atoms with Crippen LogP contribution in [-0.4, -0.2) is 23.1 Å². The molecule has 0 bridgehead atoms. The largest absolute Gasteiger partial charge is 0.573 e. The summed E-state index contributed by atoms with van der Waals surface area (Å²) in [6, 6.07) is 8.70. The molecule has 1 aromatic heterocycles. The van der Waals surface area contributed by atoms with Gasteiger partial charge in [0.05, 0.1) is 11.8 Å². The molecule has 5 nitrogen and oxygen atoms in total. The van der Waals surface area contributed by atoms with Crippen LogP contribution in [0, 0.1) is 6.92 Å². The van der Waals surface area contributed by atoms with Gasteiger partial charge in [-0.05, 0) is 44.5 Å². The number of aromatic nitrogens is 1. The van der Waals surface area contributed by atoms with Gasteiger partial charge in [0.25, 0.3) is 0 Å². The molecule has 1 aromatic carbocycles. The highest BCUT2D eigenvalue weighted by molar-refractivity contribution is 5.68. The second-order valence-corrected chi connectivity index (χ2v) is 5.52. The topological polar surface area (TPSA) is 52.8 Å². The fraction of sp³-hybridized carbons (Fsp3) is 0.294. The Morgan fingerprint density at radius 3 is 2.56 bits per heavy atom. The van der Waals surface area contributed by atoms with Gasteiger partial charge >= 0.3 is 12.5 Å². The minimum atomic E-state index is -4.79. The summed E-state index contributed by atoms with van der Waals surface area (Å²) in [6.45, 7) is 5.19. The third-order valence-electron chi connectivity index (χ3n) is 2.95. The Hall–Kier alpha value is -2.77. The number of rotatable bonds is 3. The van der Waals surface area contributed by atoms with Crippen LogP contribution in [0.5, 0.6) is 5.75 Å². The summed E-state index contributed by atoms with van der Waals surface area (Å²) < 4.78 is 47.6. The number of hydrogen-bond donors (Lipinski definition) is 0. The predicted octanol–water partition coefficient (Wildman–Crippen LogP) is 4.13. The lowest BCUT2D eigenvalue weighted by Crippen LogP contribution is -2.22. The van der Waals surface area contributed by atoms with E-state index in [4.69, 9.17) is 4.74 Å². The summed E-state index contributed by atoms with van der Waals surface area (Å²) >= 11 is 0. The quantitative estimate of drug-likeness (QED) is 0.833. The zero-order valence-corrected chi connectivity index (χ0v) is 13.9. The summed E-state index contributed by atoms with van der Waals surface area (Å²) in [5, 5.41) is 0. The second kappa shape index (κ2) is 7.42. The summed E-state index contributed by atoms with van der Waals surface area (Å²) in [6.07, 6.45) is -4.26. The number of nitrogens with zero attached hydrogens (tertiary/aromatic N) is 2. The highest BCUT2D eigenvalue weighted by atomic mass is 19.4. The zero-order valence-electron chi connectivity index (χ0n) is 13.9. The Morgan fingerprint density at radius 1 is 1.20 bits per heavy atom. The molecule has 0 fully saturated rings. The molecule has 0 N–H and O–H groups in total. The molecule has 0 spiro atoms. The molecule has 0 unspecified atom stereocenters. The SMILES string of the molecule is Cc1ccc(=NC(=O)OC(C)C)n(-c2cccc(OC(F)(F)F)c2)c1. The van der Waals surface area contributed by atoms with Crippen LogP contribution in [0.3, 0.4) is 0 Å². The summed E-state index contributed by atoms with van der Waals surface area (Å²) in [5.41, 5.74) is 1.42. The lowest BCUT2D eigenvalue weighted by atomic mass is 10.2. The van der Waals surface area contributed by atoms with Gasteiger partial charge in [-0.15, -0.1) is 13.2 Å². The first-order chi connectivity index (χ1) is 11.6. The van der Waals surface area contributed by atoms with Crippen molar-refractivity contribution in [3.8, 4) is 11.4 Å².